The molecule has 11 heteroatoms. The molecule has 2 aromatic heterocycles. The van der Waals surface area contributed by atoms with Gasteiger partial charge in [-0.2, -0.15) is 5.26 Å². The van der Waals surface area contributed by atoms with Crippen LogP contribution < -0.4 is 10.4 Å². The van der Waals surface area contributed by atoms with E-state index in [4.69, 9.17) is 22.7 Å². The topological polar surface area (TPSA) is 141 Å². The Morgan fingerprint density at radius 2 is 1.75 bits per heavy atom. The molecule has 0 amide bonds. The van der Waals surface area contributed by atoms with E-state index in [1.807, 2.05) is 6.92 Å². The molecular weight excluding hydrogens is 677 g/mol. The van der Waals surface area contributed by atoms with Gasteiger partial charge in [-0.05, 0) is 73.9 Å². The average Bonchev–Trinajstić information content (AvgIpc) is 3.07. The van der Waals surface area contributed by atoms with Crippen molar-refractivity contribution in [2.24, 2.45) is 22.7 Å². The van der Waals surface area contributed by atoms with Crippen LogP contribution in [-0.2, 0) is 13.6 Å². The van der Waals surface area contributed by atoms with Gasteiger partial charge in [-0.25, -0.2) is 9.59 Å². The van der Waals surface area contributed by atoms with Crippen molar-refractivity contribution in [3.05, 3.63) is 82.0 Å². The molecule has 1 saturated heterocycles. The maximum atomic E-state index is 13.9. The summed E-state index contributed by atoms with van der Waals surface area (Å²) in [6.45, 7) is 20.0. The molecular formula is C41H50N2O8Si. The van der Waals surface area contributed by atoms with Crippen LogP contribution in [0.4, 0.5) is 0 Å². The number of rotatable bonds is 3. The molecule has 3 aromatic rings. The molecule has 2 saturated carbocycles. The Labute approximate surface area is 306 Å². The van der Waals surface area contributed by atoms with Gasteiger partial charge in [0.2, 0.25) is 0 Å². The summed E-state index contributed by atoms with van der Waals surface area (Å²) >= 11 is 0. The normalized spacial score (nSPS) is 33.6. The molecule has 0 spiro atoms. The van der Waals surface area contributed by atoms with Gasteiger partial charge in [-0.3, -0.25) is 4.98 Å². The first kappa shape index (κ1) is 36.5. The Morgan fingerprint density at radius 3 is 2.37 bits per heavy atom. The van der Waals surface area contributed by atoms with Crippen molar-refractivity contribution in [2.75, 3.05) is 6.61 Å². The summed E-state index contributed by atoms with van der Waals surface area (Å²) in [5.41, 5.74) is -1.64. The summed E-state index contributed by atoms with van der Waals surface area (Å²) in [6, 6.07) is 13.6. The number of aliphatic hydroxyl groups excluding tert-OH is 1. The Bertz CT molecular complexity index is 1960. The lowest BCUT2D eigenvalue weighted by molar-refractivity contribution is -0.270. The molecule has 1 N–H and O–H groups in total. The fourth-order valence-corrected chi connectivity index (χ4v) is 15.9. The maximum Gasteiger partial charge on any atom is 0.349 e. The summed E-state index contributed by atoms with van der Waals surface area (Å²) in [5, 5.41) is 21.4. The molecule has 2 aliphatic heterocycles. The predicted octanol–water partition coefficient (Wildman–Crippen LogP) is 7.88. The molecule has 0 radical (unpaired) electrons. The maximum absolute atomic E-state index is 13.9. The van der Waals surface area contributed by atoms with Crippen LogP contribution in [0.25, 0.3) is 11.3 Å². The largest absolute Gasteiger partial charge is 0.482 e. The summed E-state index contributed by atoms with van der Waals surface area (Å²) in [6.07, 6.45) is 2.85. The Kier molecular flexibility index (Phi) is 8.50. The number of ether oxygens (including phenoxy) is 2. The Morgan fingerprint density at radius 1 is 1.06 bits per heavy atom. The summed E-state index contributed by atoms with van der Waals surface area (Å²) in [7, 11) is -2.81. The smallest absolute Gasteiger partial charge is 0.349 e. The highest BCUT2D eigenvalue weighted by molar-refractivity contribution is 6.73. The Balaban J connectivity index is 1.34. The van der Waals surface area contributed by atoms with Crippen LogP contribution >= 0.6 is 0 Å². The molecule has 3 fully saturated rings. The number of esters is 1. The van der Waals surface area contributed by atoms with Crippen molar-refractivity contribution < 1.29 is 32.6 Å². The monoisotopic (exact) mass is 726 g/mol. The van der Waals surface area contributed by atoms with Crippen molar-refractivity contribution in [1.29, 1.82) is 5.26 Å². The van der Waals surface area contributed by atoms with Crippen LogP contribution in [0.3, 0.4) is 0 Å². The fraction of sp³-hybridized carbons (Fsp3) is 0.561. The molecule has 2 unspecified atom stereocenters. The van der Waals surface area contributed by atoms with Gasteiger partial charge in [0.1, 0.15) is 28.8 Å². The van der Waals surface area contributed by atoms with E-state index in [-0.39, 0.29) is 39.2 Å². The standard InChI is InChI=1S/C41H50N2O8Si/c1-37(2,3)52(38(4,5)6)47-23-40(8)29-20-31(49-35(45)25-14-12-24(21-42)13-15-25)41(9)34(39(29,7)17-16-30(40)51-52)33(44)32-28(50-41)19-27(48-36(32)46)26-11-10-18-43-22-26/h10-15,18-19,22,29-31,33-34,44H,16-17,20,23H2,1-9H3/t29?,30-,31-,33-,34?,39-,40-,41+/m0/s1. The quantitative estimate of drug-likeness (QED) is 0.209. The first-order valence-electron chi connectivity index (χ1n) is 18.3. The van der Waals surface area contributed by atoms with Crippen LogP contribution in [-0.4, -0.2) is 49.0 Å². The number of carbonyl (C=O) groups excluding carboxylic acids is 1. The van der Waals surface area contributed by atoms with E-state index in [0.717, 1.165) is 6.42 Å². The first-order valence-corrected chi connectivity index (χ1v) is 20.1. The Hall–Kier alpha value is -3.82. The number of fused-ring (bicyclic) bond motifs is 6. The fourth-order valence-electron chi connectivity index (χ4n) is 10.7. The number of hydrogen-bond acceptors (Lipinski definition) is 10. The summed E-state index contributed by atoms with van der Waals surface area (Å²) in [5.74, 6) is -0.926. The van der Waals surface area contributed by atoms with E-state index < -0.39 is 54.7 Å². The molecule has 52 heavy (non-hydrogen) atoms. The van der Waals surface area contributed by atoms with Crippen molar-refractivity contribution in [3.63, 3.8) is 0 Å². The third-order valence-corrected chi connectivity index (χ3v) is 18.0. The van der Waals surface area contributed by atoms with Crippen molar-refractivity contribution in [2.45, 2.75) is 116 Å². The second-order valence-electron chi connectivity index (χ2n) is 18.1. The SMILES string of the molecule is CC(C)(C)[Si]1(C(C)(C)C)OC[C@@]2(C)C3C[C@H](OC(=O)c4ccc(C#N)cc4)[C@@]4(C)Oc5cc(-c6cccnc6)oc(=O)c5[C@H](O)C4[C@@]3(C)CC[C@@H]2O1. The summed E-state index contributed by atoms with van der Waals surface area (Å²) in [4.78, 5) is 31.9. The van der Waals surface area contributed by atoms with Crippen molar-refractivity contribution in [3.8, 4) is 23.1 Å². The average molecular weight is 727 g/mol. The van der Waals surface area contributed by atoms with E-state index in [0.29, 0.717) is 36.1 Å². The molecule has 10 nitrogen and oxygen atoms in total. The molecule has 8 atom stereocenters. The van der Waals surface area contributed by atoms with Crippen LogP contribution in [0, 0.1) is 34.0 Å². The van der Waals surface area contributed by atoms with E-state index >= 15 is 0 Å². The molecule has 1 aromatic carbocycles. The summed E-state index contributed by atoms with van der Waals surface area (Å²) < 4.78 is 33.6. The number of nitriles is 1. The number of aromatic nitrogens is 1. The lowest BCUT2D eigenvalue weighted by atomic mass is 9.42. The third-order valence-electron chi connectivity index (χ3n) is 12.9. The van der Waals surface area contributed by atoms with Crippen LogP contribution in [0.1, 0.15) is 109 Å². The number of nitrogens with zero attached hydrogens (tertiary/aromatic N) is 2. The van der Waals surface area contributed by atoms with Gasteiger partial charge in [0.15, 0.2) is 0 Å². The van der Waals surface area contributed by atoms with Gasteiger partial charge in [-0.1, -0.05) is 55.4 Å². The van der Waals surface area contributed by atoms with E-state index in [1.165, 1.54) is 0 Å². The predicted molar refractivity (Wildman–Crippen MR) is 196 cm³/mol. The number of benzene rings is 1. The minimum Gasteiger partial charge on any atom is -0.482 e. The van der Waals surface area contributed by atoms with Gasteiger partial charge < -0.3 is 27.8 Å². The molecule has 2 aliphatic carbocycles. The number of aliphatic hydroxyl groups is 1. The highest BCUT2D eigenvalue weighted by Gasteiger charge is 2.73. The molecule has 4 aliphatic rings. The van der Waals surface area contributed by atoms with Gasteiger partial charge in [0, 0.05) is 52.0 Å². The second-order valence-corrected chi connectivity index (χ2v) is 22.8. The number of hydrogen-bond donors (Lipinski definition) is 1. The number of pyridine rings is 1. The first-order chi connectivity index (χ1) is 24.3. The third kappa shape index (κ3) is 5.31. The zero-order valence-electron chi connectivity index (χ0n) is 31.6. The van der Waals surface area contributed by atoms with E-state index in [9.17, 15) is 20.0 Å². The molecule has 276 valence electrons. The van der Waals surface area contributed by atoms with Crippen LogP contribution in [0.5, 0.6) is 5.75 Å². The molecule has 4 heterocycles. The molecule has 7 rings (SSSR count). The van der Waals surface area contributed by atoms with Crippen molar-refractivity contribution in [1.82, 2.24) is 4.98 Å². The lowest BCUT2D eigenvalue weighted by Crippen LogP contribution is -2.74. The van der Waals surface area contributed by atoms with E-state index in [1.54, 1.807) is 54.9 Å². The van der Waals surface area contributed by atoms with Gasteiger partial charge in [0.05, 0.1) is 29.4 Å². The van der Waals surface area contributed by atoms with Gasteiger partial charge in [0.25, 0.3) is 0 Å². The zero-order valence-corrected chi connectivity index (χ0v) is 32.6. The highest BCUT2D eigenvalue weighted by Crippen LogP contribution is 2.70. The van der Waals surface area contributed by atoms with Gasteiger partial charge >= 0.3 is 20.2 Å². The lowest BCUT2D eigenvalue weighted by Gasteiger charge is -2.69. The highest BCUT2D eigenvalue weighted by atomic mass is 28.4. The minimum atomic E-state index is -2.81. The van der Waals surface area contributed by atoms with Crippen LogP contribution in [0.2, 0.25) is 10.1 Å². The van der Waals surface area contributed by atoms with Crippen molar-refractivity contribution >= 4 is 14.5 Å². The zero-order chi connectivity index (χ0) is 37.6. The van der Waals surface area contributed by atoms with Crippen LogP contribution in [0.15, 0.2) is 64.1 Å². The number of carbonyl (C=O) groups is 1. The second kappa shape index (κ2) is 12.1. The van der Waals surface area contributed by atoms with Gasteiger partial charge in [-0.15, -0.1) is 0 Å². The molecule has 0 bridgehead atoms. The minimum absolute atomic E-state index is 0.0597. The van der Waals surface area contributed by atoms with E-state index in [2.05, 4.69) is 66.4 Å².